The lowest BCUT2D eigenvalue weighted by Gasteiger charge is -1.93. The Labute approximate surface area is 96.6 Å². The zero-order valence-corrected chi connectivity index (χ0v) is 9.02. The van der Waals surface area contributed by atoms with Crippen molar-refractivity contribution in [1.29, 1.82) is 0 Å². The van der Waals surface area contributed by atoms with E-state index in [1.807, 2.05) is 0 Å². The van der Waals surface area contributed by atoms with Gasteiger partial charge in [0.15, 0.2) is 0 Å². The van der Waals surface area contributed by atoms with Gasteiger partial charge >= 0.3 is 0 Å². The predicted molar refractivity (Wildman–Crippen MR) is 60.5 cm³/mol. The highest BCUT2D eigenvalue weighted by molar-refractivity contribution is 5.43. The average Bonchev–Trinajstić information content (AvgIpc) is 2.73. The average molecular weight is 231 g/mol. The van der Waals surface area contributed by atoms with Crippen LogP contribution in [0.15, 0.2) is 46.9 Å². The second-order valence-electron chi connectivity index (χ2n) is 3.31. The summed E-state index contributed by atoms with van der Waals surface area (Å²) in [5.41, 5.74) is 0.569. The zero-order valence-electron chi connectivity index (χ0n) is 9.02. The fourth-order valence-electron chi connectivity index (χ4n) is 1.20. The monoisotopic (exact) mass is 231 g/mol. The molecule has 1 aromatic heterocycles. The molecule has 0 saturated carbocycles. The molecule has 2 rings (SSSR count). The summed E-state index contributed by atoms with van der Waals surface area (Å²) in [6, 6.07) is 5.83. The largest absolute Gasteiger partial charge is 0.317 e. The fourth-order valence-corrected chi connectivity index (χ4v) is 1.20. The molecule has 7 nitrogen and oxygen atoms in total. The van der Waals surface area contributed by atoms with Crippen molar-refractivity contribution in [3.8, 4) is 0 Å². The molecule has 0 fully saturated rings. The van der Waals surface area contributed by atoms with Crippen molar-refractivity contribution in [2.45, 2.75) is 0 Å². The smallest absolute Gasteiger partial charge is 0.269 e. The van der Waals surface area contributed by atoms with Gasteiger partial charge in [0, 0.05) is 31.6 Å². The first-order valence-corrected chi connectivity index (χ1v) is 4.80. The van der Waals surface area contributed by atoms with Crippen LogP contribution < -0.4 is 0 Å². The first-order chi connectivity index (χ1) is 8.16. The molecule has 0 aliphatic rings. The van der Waals surface area contributed by atoms with Crippen LogP contribution in [0, 0.1) is 10.1 Å². The SMILES string of the molecule is Cn1ccnc1N=Nc1ccc([N+](=O)[O-])cc1. The third-order valence-corrected chi connectivity index (χ3v) is 2.11. The molecule has 86 valence electrons. The van der Waals surface area contributed by atoms with Crippen LogP contribution in [0.4, 0.5) is 17.3 Å². The highest BCUT2D eigenvalue weighted by Gasteiger charge is 2.03. The predicted octanol–water partition coefficient (Wildman–Crippen LogP) is 2.74. The highest BCUT2D eigenvalue weighted by atomic mass is 16.6. The lowest BCUT2D eigenvalue weighted by atomic mass is 10.3. The van der Waals surface area contributed by atoms with Gasteiger partial charge in [-0.3, -0.25) is 10.1 Å². The van der Waals surface area contributed by atoms with Crippen molar-refractivity contribution < 1.29 is 4.92 Å². The molecule has 7 heteroatoms. The first kappa shape index (κ1) is 10.9. The summed E-state index contributed by atoms with van der Waals surface area (Å²) in [5, 5.41) is 18.3. The van der Waals surface area contributed by atoms with Gasteiger partial charge in [-0.25, -0.2) is 4.98 Å². The molecule has 1 aromatic carbocycles. The van der Waals surface area contributed by atoms with Gasteiger partial charge in [-0.15, -0.1) is 10.2 Å². The van der Waals surface area contributed by atoms with Crippen LogP contribution in [0.5, 0.6) is 0 Å². The fraction of sp³-hybridized carbons (Fsp3) is 0.100. The zero-order chi connectivity index (χ0) is 12.3. The van der Waals surface area contributed by atoms with E-state index in [4.69, 9.17) is 0 Å². The molecule has 0 saturated heterocycles. The molecule has 0 N–H and O–H groups in total. The molecule has 0 radical (unpaired) electrons. The second kappa shape index (κ2) is 4.52. The van der Waals surface area contributed by atoms with Crippen molar-refractivity contribution in [2.24, 2.45) is 17.3 Å². The van der Waals surface area contributed by atoms with Crippen molar-refractivity contribution >= 4 is 17.3 Å². The van der Waals surface area contributed by atoms with Gasteiger partial charge in [-0.2, -0.15) is 0 Å². The summed E-state index contributed by atoms with van der Waals surface area (Å²) in [5.74, 6) is 0.475. The van der Waals surface area contributed by atoms with E-state index in [0.717, 1.165) is 0 Å². The number of rotatable bonds is 3. The number of benzene rings is 1. The van der Waals surface area contributed by atoms with Crippen LogP contribution in [0.1, 0.15) is 0 Å². The number of nitro benzene ring substituents is 1. The molecule has 17 heavy (non-hydrogen) atoms. The Morgan fingerprint density at radius 2 is 2.00 bits per heavy atom. The molecule has 0 aliphatic heterocycles. The Morgan fingerprint density at radius 1 is 1.29 bits per heavy atom. The number of nitrogens with zero attached hydrogens (tertiary/aromatic N) is 5. The maximum Gasteiger partial charge on any atom is 0.269 e. The van der Waals surface area contributed by atoms with Gasteiger partial charge < -0.3 is 4.57 Å². The van der Waals surface area contributed by atoms with E-state index in [9.17, 15) is 10.1 Å². The van der Waals surface area contributed by atoms with E-state index in [0.29, 0.717) is 11.6 Å². The summed E-state index contributed by atoms with van der Waals surface area (Å²) in [6.45, 7) is 0. The molecule has 0 unspecified atom stereocenters. The van der Waals surface area contributed by atoms with Gasteiger partial charge in [-0.05, 0) is 12.1 Å². The summed E-state index contributed by atoms with van der Waals surface area (Å²) in [7, 11) is 1.80. The van der Waals surface area contributed by atoms with E-state index < -0.39 is 4.92 Å². The Kier molecular flexibility index (Phi) is 2.91. The molecule has 1 heterocycles. The van der Waals surface area contributed by atoms with Crippen LogP contribution in [0.2, 0.25) is 0 Å². The van der Waals surface area contributed by atoms with Crippen LogP contribution >= 0.6 is 0 Å². The Balaban J connectivity index is 2.17. The van der Waals surface area contributed by atoms with Crippen LogP contribution in [-0.2, 0) is 7.05 Å². The van der Waals surface area contributed by atoms with E-state index in [1.54, 1.807) is 24.0 Å². The van der Waals surface area contributed by atoms with Gasteiger partial charge in [0.1, 0.15) is 0 Å². The third-order valence-electron chi connectivity index (χ3n) is 2.11. The van der Waals surface area contributed by atoms with E-state index in [-0.39, 0.29) is 5.69 Å². The number of hydrogen-bond acceptors (Lipinski definition) is 5. The van der Waals surface area contributed by atoms with Gasteiger partial charge in [0.2, 0.25) is 5.95 Å². The minimum Gasteiger partial charge on any atom is -0.317 e. The highest BCUT2D eigenvalue weighted by Crippen LogP contribution is 2.19. The maximum absolute atomic E-state index is 10.4. The molecular weight excluding hydrogens is 222 g/mol. The van der Waals surface area contributed by atoms with Crippen molar-refractivity contribution in [3.63, 3.8) is 0 Å². The Bertz CT molecular complexity index is 558. The minimum atomic E-state index is -0.459. The van der Waals surface area contributed by atoms with Crippen molar-refractivity contribution in [3.05, 3.63) is 46.8 Å². The van der Waals surface area contributed by atoms with Gasteiger partial charge in [-0.1, -0.05) is 0 Å². The molecule has 0 spiro atoms. The summed E-state index contributed by atoms with van der Waals surface area (Å²) >= 11 is 0. The normalized spacial score (nSPS) is 10.9. The second-order valence-corrected chi connectivity index (χ2v) is 3.31. The number of aryl methyl sites for hydroxylation is 1. The quantitative estimate of drug-likeness (QED) is 0.462. The summed E-state index contributed by atoms with van der Waals surface area (Å²) in [4.78, 5) is 14.0. The minimum absolute atomic E-state index is 0.0286. The lowest BCUT2D eigenvalue weighted by molar-refractivity contribution is -0.384. The number of azo groups is 1. The molecule has 0 amide bonds. The molecule has 0 aliphatic carbocycles. The van der Waals surface area contributed by atoms with Crippen molar-refractivity contribution in [2.75, 3.05) is 0 Å². The third kappa shape index (κ3) is 2.51. The Hall–Kier alpha value is -2.57. The van der Waals surface area contributed by atoms with E-state index >= 15 is 0 Å². The summed E-state index contributed by atoms with van der Waals surface area (Å²) < 4.78 is 1.72. The van der Waals surface area contributed by atoms with Gasteiger partial charge in [0.05, 0.1) is 10.6 Å². The topological polar surface area (TPSA) is 85.7 Å². The standard InChI is InChI=1S/C10H9N5O2/c1-14-7-6-11-10(14)13-12-8-2-4-9(5-3-8)15(16)17/h2-7H,1H3. The van der Waals surface area contributed by atoms with Crippen molar-refractivity contribution in [1.82, 2.24) is 9.55 Å². The van der Waals surface area contributed by atoms with Gasteiger partial charge in [0.25, 0.3) is 5.69 Å². The number of non-ortho nitro benzene ring substituents is 1. The number of hydrogen-bond donors (Lipinski definition) is 0. The molecule has 0 atom stereocenters. The molecule has 0 bridgehead atoms. The molecule has 2 aromatic rings. The number of aromatic nitrogens is 2. The maximum atomic E-state index is 10.4. The van der Waals surface area contributed by atoms with E-state index in [1.165, 1.54) is 24.3 Å². The number of imidazole rings is 1. The Morgan fingerprint density at radius 3 is 2.53 bits per heavy atom. The molecular formula is C10H9N5O2. The van der Waals surface area contributed by atoms with Crippen LogP contribution in [0.3, 0.4) is 0 Å². The first-order valence-electron chi connectivity index (χ1n) is 4.80. The van der Waals surface area contributed by atoms with Crippen LogP contribution in [0.25, 0.3) is 0 Å². The summed E-state index contributed by atoms with van der Waals surface area (Å²) in [6.07, 6.45) is 3.37. The van der Waals surface area contributed by atoms with Crippen LogP contribution in [-0.4, -0.2) is 14.5 Å². The van der Waals surface area contributed by atoms with E-state index in [2.05, 4.69) is 15.2 Å². The number of nitro groups is 1. The lowest BCUT2D eigenvalue weighted by Crippen LogP contribution is -1.85.